The number of rotatable bonds is 3. The molecule has 17 heavy (non-hydrogen) atoms. The van der Waals surface area contributed by atoms with E-state index in [0.717, 1.165) is 11.3 Å². The molecule has 0 aliphatic rings. The van der Waals surface area contributed by atoms with Crippen molar-refractivity contribution >= 4 is 21.7 Å². The van der Waals surface area contributed by atoms with Crippen LogP contribution in [0.15, 0.2) is 16.9 Å². The van der Waals surface area contributed by atoms with Gasteiger partial charge in [0.2, 0.25) is 0 Å². The zero-order valence-electron chi connectivity index (χ0n) is 9.51. The first-order valence-corrected chi connectivity index (χ1v) is 5.71. The van der Waals surface area contributed by atoms with Crippen molar-refractivity contribution in [2.75, 3.05) is 12.8 Å². The Balaban J connectivity index is 2.48. The van der Waals surface area contributed by atoms with Gasteiger partial charge in [-0.2, -0.15) is 5.10 Å². The van der Waals surface area contributed by atoms with Gasteiger partial charge in [0.05, 0.1) is 28.5 Å². The summed E-state index contributed by atoms with van der Waals surface area (Å²) in [5, 5.41) is 4.07. The highest BCUT2D eigenvalue weighted by Crippen LogP contribution is 2.25. The average Bonchev–Trinajstić information content (AvgIpc) is 2.71. The average molecular weight is 298 g/mol. The van der Waals surface area contributed by atoms with Gasteiger partial charge in [-0.05, 0) is 15.9 Å². The normalized spacial score (nSPS) is 10.8. The van der Waals surface area contributed by atoms with E-state index in [0.29, 0.717) is 22.7 Å². The number of nitrogen functional groups attached to an aromatic ring is 1. The summed E-state index contributed by atoms with van der Waals surface area (Å²) in [5.41, 5.74) is 7.36. The van der Waals surface area contributed by atoms with Gasteiger partial charge in [-0.1, -0.05) is 0 Å². The molecule has 0 aliphatic carbocycles. The van der Waals surface area contributed by atoms with Crippen LogP contribution in [-0.4, -0.2) is 26.9 Å². The van der Waals surface area contributed by atoms with Gasteiger partial charge in [0, 0.05) is 20.4 Å². The summed E-state index contributed by atoms with van der Waals surface area (Å²) < 4.78 is 7.42. The Hall–Kier alpha value is -1.47. The molecule has 2 heterocycles. The zero-order chi connectivity index (χ0) is 12.4. The maximum absolute atomic E-state index is 5.82. The number of ether oxygens (including phenoxy) is 1. The first-order chi connectivity index (χ1) is 8.11. The van der Waals surface area contributed by atoms with Gasteiger partial charge in [-0.15, -0.1) is 0 Å². The molecule has 6 nitrogen and oxygen atoms in total. The molecule has 2 aromatic rings. The van der Waals surface area contributed by atoms with E-state index in [1.54, 1.807) is 18.0 Å². The summed E-state index contributed by atoms with van der Waals surface area (Å²) in [6, 6.07) is 0. The van der Waals surface area contributed by atoms with Crippen LogP contribution in [0, 0.1) is 0 Å². The van der Waals surface area contributed by atoms with Gasteiger partial charge in [-0.3, -0.25) is 4.68 Å². The van der Waals surface area contributed by atoms with Gasteiger partial charge in [0.15, 0.2) is 5.82 Å². The lowest BCUT2D eigenvalue weighted by atomic mass is 10.3. The van der Waals surface area contributed by atoms with Gasteiger partial charge >= 0.3 is 0 Å². The molecule has 90 valence electrons. The largest absolute Gasteiger partial charge is 0.383 e. The minimum atomic E-state index is 0.376. The van der Waals surface area contributed by atoms with Crippen LogP contribution in [0.4, 0.5) is 5.82 Å². The quantitative estimate of drug-likeness (QED) is 0.925. The van der Waals surface area contributed by atoms with Crippen LogP contribution >= 0.6 is 15.9 Å². The van der Waals surface area contributed by atoms with Gasteiger partial charge < -0.3 is 10.5 Å². The molecule has 0 fully saturated rings. The van der Waals surface area contributed by atoms with E-state index in [2.05, 4.69) is 31.0 Å². The van der Waals surface area contributed by atoms with Crippen molar-refractivity contribution in [3.8, 4) is 11.4 Å². The molecule has 0 spiro atoms. The van der Waals surface area contributed by atoms with E-state index >= 15 is 0 Å². The van der Waals surface area contributed by atoms with Crippen molar-refractivity contribution in [3.05, 3.63) is 22.6 Å². The number of nitrogens with two attached hydrogens (primary N) is 1. The number of hydrogen-bond acceptors (Lipinski definition) is 5. The first-order valence-electron chi connectivity index (χ1n) is 4.91. The van der Waals surface area contributed by atoms with Crippen molar-refractivity contribution in [3.63, 3.8) is 0 Å². The van der Waals surface area contributed by atoms with Crippen molar-refractivity contribution in [2.24, 2.45) is 7.05 Å². The molecule has 0 unspecified atom stereocenters. The first kappa shape index (κ1) is 12.0. The molecule has 0 amide bonds. The second-order valence-electron chi connectivity index (χ2n) is 3.53. The summed E-state index contributed by atoms with van der Waals surface area (Å²) in [6.07, 6.45) is 3.53. The summed E-state index contributed by atoms with van der Waals surface area (Å²) >= 11 is 3.34. The number of nitrogens with zero attached hydrogens (tertiary/aromatic N) is 4. The van der Waals surface area contributed by atoms with E-state index in [1.807, 2.05) is 13.2 Å². The highest BCUT2D eigenvalue weighted by molar-refractivity contribution is 9.10. The van der Waals surface area contributed by atoms with E-state index in [1.165, 1.54) is 0 Å². The fraction of sp³-hybridized carbons (Fsp3) is 0.300. The Morgan fingerprint density at radius 1 is 1.47 bits per heavy atom. The molecule has 2 aromatic heterocycles. The summed E-state index contributed by atoms with van der Waals surface area (Å²) in [4.78, 5) is 8.60. The number of aromatic nitrogens is 4. The smallest absolute Gasteiger partial charge is 0.165 e. The molecule has 0 aromatic carbocycles. The van der Waals surface area contributed by atoms with Crippen LogP contribution in [0.25, 0.3) is 11.4 Å². The van der Waals surface area contributed by atoms with Gasteiger partial charge in [0.1, 0.15) is 5.82 Å². The molecule has 2 rings (SSSR count). The topological polar surface area (TPSA) is 78.9 Å². The second kappa shape index (κ2) is 4.80. The molecule has 0 aliphatic heterocycles. The van der Waals surface area contributed by atoms with Crippen LogP contribution in [0.2, 0.25) is 0 Å². The minimum Gasteiger partial charge on any atom is -0.383 e. The fourth-order valence-electron chi connectivity index (χ4n) is 1.41. The monoisotopic (exact) mass is 297 g/mol. The Morgan fingerprint density at radius 3 is 2.82 bits per heavy atom. The number of anilines is 1. The Morgan fingerprint density at radius 2 is 2.24 bits per heavy atom. The van der Waals surface area contributed by atoms with E-state index in [9.17, 15) is 0 Å². The minimum absolute atomic E-state index is 0.376. The van der Waals surface area contributed by atoms with Crippen molar-refractivity contribution < 1.29 is 4.74 Å². The Bertz CT molecular complexity index is 539. The molecule has 0 bridgehead atoms. The maximum atomic E-state index is 5.82. The van der Waals surface area contributed by atoms with Gasteiger partial charge in [0.25, 0.3) is 0 Å². The summed E-state index contributed by atoms with van der Waals surface area (Å²) in [6.45, 7) is 0.376. The van der Waals surface area contributed by atoms with E-state index in [-0.39, 0.29) is 0 Å². The lowest BCUT2D eigenvalue weighted by molar-refractivity contribution is 0.181. The third-order valence-electron chi connectivity index (χ3n) is 2.19. The lowest BCUT2D eigenvalue weighted by Gasteiger charge is -2.06. The van der Waals surface area contributed by atoms with Gasteiger partial charge in [-0.25, -0.2) is 9.97 Å². The van der Waals surface area contributed by atoms with Crippen molar-refractivity contribution in [2.45, 2.75) is 6.61 Å². The van der Waals surface area contributed by atoms with Crippen molar-refractivity contribution in [1.29, 1.82) is 0 Å². The van der Waals surface area contributed by atoms with Crippen LogP contribution in [-0.2, 0) is 18.4 Å². The molecular formula is C10H12BrN5O. The molecule has 2 N–H and O–H groups in total. The van der Waals surface area contributed by atoms with Crippen LogP contribution in [0.5, 0.6) is 0 Å². The second-order valence-corrected chi connectivity index (χ2v) is 4.32. The predicted molar refractivity (Wildman–Crippen MR) is 67.1 cm³/mol. The molecule has 0 saturated carbocycles. The summed E-state index contributed by atoms with van der Waals surface area (Å²) in [7, 11) is 3.44. The highest BCUT2D eigenvalue weighted by Gasteiger charge is 2.12. The van der Waals surface area contributed by atoms with Crippen molar-refractivity contribution in [1.82, 2.24) is 19.7 Å². The fourth-order valence-corrected chi connectivity index (χ4v) is 1.70. The zero-order valence-corrected chi connectivity index (χ0v) is 11.1. The third-order valence-corrected chi connectivity index (χ3v) is 3.05. The molecule has 0 radical (unpaired) electrons. The van der Waals surface area contributed by atoms with Crippen LogP contribution in [0.3, 0.4) is 0 Å². The molecule has 0 atom stereocenters. The SMILES string of the molecule is COCc1nc(-c2cnn(C)c2)nc(N)c1Br. The van der Waals surface area contributed by atoms with Crippen LogP contribution in [0.1, 0.15) is 5.69 Å². The molecular weight excluding hydrogens is 286 g/mol. The molecule has 7 heteroatoms. The number of aryl methyl sites for hydroxylation is 1. The van der Waals surface area contributed by atoms with Crippen LogP contribution < -0.4 is 5.73 Å². The number of hydrogen-bond donors (Lipinski definition) is 1. The summed E-state index contributed by atoms with van der Waals surface area (Å²) in [5.74, 6) is 0.941. The number of methoxy groups -OCH3 is 1. The van der Waals surface area contributed by atoms with E-state index < -0.39 is 0 Å². The standard InChI is InChI=1S/C10H12BrN5O/c1-16-4-6(3-13-16)10-14-7(5-17-2)8(11)9(12)15-10/h3-4H,5H2,1-2H3,(H2,12,14,15). The third kappa shape index (κ3) is 2.45. The lowest BCUT2D eigenvalue weighted by Crippen LogP contribution is -2.03. The van der Waals surface area contributed by atoms with E-state index in [4.69, 9.17) is 10.5 Å². The highest BCUT2D eigenvalue weighted by atomic mass is 79.9. The Labute approximate surface area is 107 Å². The predicted octanol–water partition coefficient (Wildman–Crippen LogP) is 1.37. The maximum Gasteiger partial charge on any atom is 0.165 e. The molecule has 0 saturated heterocycles. The number of halogens is 1. The Kier molecular flexibility index (Phi) is 3.39.